The number of aromatic nitrogens is 2. The van der Waals surface area contributed by atoms with Crippen LogP contribution in [-0.4, -0.2) is 29.0 Å². The summed E-state index contributed by atoms with van der Waals surface area (Å²) in [5.74, 6) is 1.67. The van der Waals surface area contributed by atoms with E-state index in [4.69, 9.17) is 16.0 Å². The average Bonchev–Trinajstić information content (AvgIpc) is 3.11. The fourth-order valence-electron chi connectivity index (χ4n) is 3.55. The summed E-state index contributed by atoms with van der Waals surface area (Å²) in [6, 6.07) is 9.14. The first-order valence-electron chi connectivity index (χ1n) is 9.13. The molecule has 140 valence electrons. The molecule has 4 rings (SSSR count). The van der Waals surface area contributed by atoms with E-state index in [9.17, 15) is 4.79 Å². The van der Waals surface area contributed by atoms with Crippen LogP contribution in [0.2, 0.25) is 5.02 Å². The zero-order valence-electron chi connectivity index (χ0n) is 15.0. The van der Waals surface area contributed by atoms with E-state index in [-0.39, 0.29) is 17.9 Å². The van der Waals surface area contributed by atoms with Gasteiger partial charge >= 0.3 is 0 Å². The Bertz CT molecular complexity index is 964. The van der Waals surface area contributed by atoms with Crippen LogP contribution in [0, 0.1) is 0 Å². The predicted molar refractivity (Wildman–Crippen MR) is 105 cm³/mol. The monoisotopic (exact) mass is 384 g/mol. The van der Waals surface area contributed by atoms with Crippen molar-refractivity contribution in [2.24, 2.45) is 0 Å². The fraction of sp³-hybridized carbons (Fsp3) is 0.350. The highest BCUT2D eigenvalue weighted by molar-refractivity contribution is 6.31. The lowest BCUT2D eigenvalue weighted by atomic mass is 9.86. The third kappa shape index (κ3) is 3.90. The molecule has 27 heavy (non-hydrogen) atoms. The number of benzene rings is 1. The zero-order valence-corrected chi connectivity index (χ0v) is 15.8. The SMILES string of the molecule is CNc1cc(C(=O)NC2CCC(c3nc4cc(Cl)ccc4o3)CC2)ccn1. The molecule has 0 atom stereocenters. The second-order valence-corrected chi connectivity index (χ2v) is 7.30. The molecule has 2 N–H and O–H groups in total. The maximum absolute atomic E-state index is 12.5. The molecule has 1 fully saturated rings. The van der Waals surface area contributed by atoms with Crippen molar-refractivity contribution in [3.8, 4) is 0 Å². The molecule has 1 aliphatic rings. The van der Waals surface area contributed by atoms with Crippen LogP contribution < -0.4 is 10.6 Å². The van der Waals surface area contributed by atoms with Crippen molar-refractivity contribution >= 4 is 34.4 Å². The molecule has 0 unspecified atom stereocenters. The number of halogens is 1. The van der Waals surface area contributed by atoms with Crippen LogP contribution in [0.3, 0.4) is 0 Å². The summed E-state index contributed by atoms with van der Waals surface area (Å²) in [6.07, 6.45) is 5.31. The van der Waals surface area contributed by atoms with Crippen LogP contribution in [0.5, 0.6) is 0 Å². The molecule has 6 nitrogen and oxygen atoms in total. The van der Waals surface area contributed by atoms with Crippen LogP contribution in [-0.2, 0) is 0 Å². The first kappa shape index (κ1) is 17.8. The number of oxazole rings is 1. The number of nitrogens with one attached hydrogen (secondary N) is 2. The Morgan fingerprint density at radius 2 is 2.00 bits per heavy atom. The highest BCUT2D eigenvalue weighted by atomic mass is 35.5. The second-order valence-electron chi connectivity index (χ2n) is 6.87. The van der Waals surface area contributed by atoms with E-state index in [0.29, 0.717) is 16.4 Å². The number of carbonyl (C=O) groups is 1. The number of pyridine rings is 1. The molecular formula is C20H21ClN4O2. The maximum Gasteiger partial charge on any atom is 0.251 e. The molecule has 3 aromatic rings. The van der Waals surface area contributed by atoms with Gasteiger partial charge in [-0.3, -0.25) is 4.79 Å². The fourth-order valence-corrected chi connectivity index (χ4v) is 3.72. The Labute approximate surface area is 162 Å². The highest BCUT2D eigenvalue weighted by Crippen LogP contribution is 2.34. The Morgan fingerprint density at radius 3 is 2.78 bits per heavy atom. The van der Waals surface area contributed by atoms with Crippen LogP contribution in [0.25, 0.3) is 11.1 Å². The van der Waals surface area contributed by atoms with Gasteiger partial charge in [-0.05, 0) is 56.0 Å². The van der Waals surface area contributed by atoms with Gasteiger partial charge in [-0.1, -0.05) is 11.6 Å². The number of fused-ring (bicyclic) bond motifs is 1. The van der Waals surface area contributed by atoms with Crippen LogP contribution in [0.1, 0.15) is 47.8 Å². The summed E-state index contributed by atoms with van der Waals surface area (Å²) in [4.78, 5) is 21.2. The summed E-state index contributed by atoms with van der Waals surface area (Å²) in [5.41, 5.74) is 2.18. The van der Waals surface area contributed by atoms with Gasteiger partial charge in [-0.25, -0.2) is 9.97 Å². The van der Waals surface area contributed by atoms with E-state index >= 15 is 0 Å². The molecule has 0 saturated heterocycles. The summed E-state index contributed by atoms with van der Waals surface area (Å²) >= 11 is 6.02. The number of hydrogen-bond donors (Lipinski definition) is 2. The predicted octanol–water partition coefficient (Wildman–Crippen LogP) is 4.37. The second kappa shape index (κ2) is 7.56. The lowest BCUT2D eigenvalue weighted by Gasteiger charge is -2.27. The van der Waals surface area contributed by atoms with Crippen molar-refractivity contribution in [2.75, 3.05) is 12.4 Å². The van der Waals surface area contributed by atoms with Gasteiger partial charge in [0.15, 0.2) is 11.5 Å². The molecule has 0 spiro atoms. The van der Waals surface area contributed by atoms with Crippen LogP contribution in [0.15, 0.2) is 40.9 Å². The average molecular weight is 385 g/mol. The van der Waals surface area contributed by atoms with Gasteiger partial charge in [-0.15, -0.1) is 0 Å². The molecule has 0 aliphatic heterocycles. The van der Waals surface area contributed by atoms with Crippen molar-refractivity contribution in [3.63, 3.8) is 0 Å². The van der Waals surface area contributed by atoms with Crippen molar-refractivity contribution < 1.29 is 9.21 Å². The normalized spacial score (nSPS) is 19.8. The smallest absolute Gasteiger partial charge is 0.251 e. The van der Waals surface area contributed by atoms with E-state index in [2.05, 4.69) is 20.6 Å². The summed E-state index contributed by atoms with van der Waals surface area (Å²) in [5, 5.41) is 6.74. The minimum absolute atomic E-state index is 0.0612. The summed E-state index contributed by atoms with van der Waals surface area (Å²) in [7, 11) is 1.78. The number of carbonyl (C=O) groups excluding carboxylic acids is 1. The van der Waals surface area contributed by atoms with Gasteiger partial charge < -0.3 is 15.1 Å². The number of amides is 1. The molecule has 1 aromatic carbocycles. The Morgan fingerprint density at radius 1 is 1.19 bits per heavy atom. The van der Waals surface area contributed by atoms with Gasteiger partial charge in [-0.2, -0.15) is 0 Å². The van der Waals surface area contributed by atoms with E-state index in [1.54, 1.807) is 25.4 Å². The van der Waals surface area contributed by atoms with Gasteiger partial charge in [0.2, 0.25) is 0 Å². The standard InChI is InChI=1S/C20H21ClN4O2/c1-22-18-10-13(8-9-23-18)19(26)24-15-5-2-12(3-6-15)20-25-16-11-14(21)4-7-17(16)27-20/h4,7-12,15H,2-3,5-6H2,1H3,(H,22,23)(H,24,26). The number of rotatable bonds is 4. The number of hydrogen-bond acceptors (Lipinski definition) is 5. The third-order valence-electron chi connectivity index (χ3n) is 5.06. The molecule has 1 saturated carbocycles. The number of nitrogens with zero attached hydrogens (tertiary/aromatic N) is 2. The molecule has 0 radical (unpaired) electrons. The van der Waals surface area contributed by atoms with E-state index < -0.39 is 0 Å². The quantitative estimate of drug-likeness (QED) is 0.698. The molecule has 1 amide bonds. The molecular weight excluding hydrogens is 364 g/mol. The van der Waals surface area contributed by atoms with Crippen molar-refractivity contribution in [3.05, 3.63) is 53.0 Å². The Hall–Kier alpha value is -2.60. The van der Waals surface area contributed by atoms with E-state index in [1.807, 2.05) is 18.2 Å². The highest BCUT2D eigenvalue weighted by Gasteiger charge is 2.27. The molecule has 0 bridgehead atoms. The topological polar surface area (TPSA) is 80.0 Å². The molecule has 1 aliphatic carbocycles. The first-order chi connectivity index (χ1) is 13.1. The van der Waals surface area contributed by atoms with Crippen LogP contribution >= 0.6 is 11.6 Å². The van der Waals surface area contributed by atoms with Gasteiger partial charge in [0, 0.05) is 35.8 Å². The van der Waals surface area contributed by atoms with Gasteiger partial charge in [0.1, 0.15) is 11.3 Å². The third-order valence-corrected chi connectivity index (χ3v) is 5.29. The van der Waals surface area contributed by atoms with Crippen LogP contribution in [0.4, 0.5) is 5.82 Å². The number of anilines is 1. The lowest BCUT2D eigenvalue weighted by molar-refractivity contribution is 0.0925. The molecule has 2 aromatic heterocycles. The van der Waals surface area contributed by atoms with E-state index in [1.165, 1.54) is 0 Å². The lowest BCUT2D eigenvalue weighted by Crippen LogP contribution is -2.37. The van der Waals surface area contributed by atoms with Crippen molar-refractivity contribution in [1.82, 2.24) is 15.3 Å². The molecule has 2 heterocycles. The van der Waals surface area contributed by atoms with Crippen molar-refractivity contribution in [1.29, 1.82) is 0 Å². The Kier molecular flexibility index (Phi) is 4.99. The summed E-state index contributed by atoms with van der Waals surface area (Å²) < 4.78 is 5.90. The van der Waals surface area contributed by atoms with Gasteiger partial charge in [0.05, 0.1) is 0 Å². The van der Waals surface area contributed by atoms with Gasteiger partial charge in [0.25, 0.3) is 5.91 Å². The van der Waals surface area contributed by atoms with E-state index in [0.717, 1.165) is 42.7 Å². The summed E-state index contributed by atoms with van der Waals surface area (Å²) in [6.45, 7) is 0. The maximum atomic E-state index is 12.5. The minimum atomic E-state index is -0.0612. The van der Waals surface area contributed by atoms with Crippen molar-refractivity contribution in [2.45, 2.75) is 37.6 Å². The zero-order chi connectivity index (χ0) is 18.8. The Balaban J connectivity index is 1.37. The minimum Gasteiger partial charge on any atom is -0.440 e. The largest absolute Gasteiger partial charge is 0.440 e. The molecule has 7 heteroatoms. The first-order valence-corrected chi connectivity index (χ1v) is 9.51.